The predicted octanol–water partition coefficient (Wildman–Crippen LogP) is 1.79. The van der Waals surface area contributed by atoms with Crippen molar-refractivity contribution in [3.63, 3.8) is 0 Å². The number of methoxy groups -OCH3 is 1. The number of nitrogens with one attached hydrogen (secondary N) is 2. The highest BCUT2D eigenvalue weighted by Crippen LogP contribution is 2.12. The van der Waals surface area contributed by atoms with Crippen molar-refractivity contribution in [1.29, 1.82) is 0 Å². The van der Waals surface area contributed by atoms with Gasteiger partial charge in [0.2, 0.25) is 11.8 Å². The Bertz CT molecular complexity index is 519. The molecule has 0 aliphatic heterocycles. The second kappa shape index (κ2) is 11.6. The van der Waals surface area contributed by atoms with Crippen LogP contribution < -0.4 is 10.8 Å². The molecule has 7 nitrogen and oxygen atoms in total. The van der Waals surface area contributed by atoms with Gasteiger partial charge in [0.15, 0.2) is 0 Å². The molecule has 0 aliphatic carbocycles. The average molecular weight is 356 g/mol. The molecular formula is C16H24N2O5S. The summed E-state index contributed by atoms with van der Waals surface area (Å²) in [5.74, 6) is -1.04. The van der Waals surface area contributed by atoms with Gasteiger partial charge in [0.05, 0.1) is 7.11 Å². The van der Waals surface area contributed by atoms with Crippen LogP contribution in [0.1, 0.15) is 43.4 Å². The van der Waals surface area contributed by atoms with E-state index in [4.69, 9.17) is 9.94 Å². The van der Waals surface area contributed by atoms with E-state index in [9.17, 15) is 14.4 Å². The van der Waals surface area contributed by atoms with Gasteiger partial charge in [-0.2, -0.15) is 0 Å². The zero-order valence-electron chi connectivity index (χ0n) is 13.7. The van der Waals surface area contributed by atoms with Gasteiger partial charge in [-0.3, -0.25) is 14.8 Å². The third-order valence-electron chi connectivity index (χ3n) is 3.49. The van der Waals surface area contributed by atoms with Crippen LogP contribution in [0.15, 0.2) is 17.5 Å². The second-order valence-corrected chi connectivity index (χ2v) is 6.41. The Labute approximate surface area is 145 Å². The van der Waals surface area contributed by atoms with Gasteiger partial charge in [0, 0.05) is 24.1 Å². The molecule has 8 heteroatoms. The smallest absolute Gasteiger partial charge is 0.328 e. The van der Waals surface area contributed by atoms with Crippen molar-refractivity contribution >= 4 is 29.1 Å². The van der Waals surface area contributed by atoms with Crippen LogP contribution in [0.25, 0.3) is 0 Å². The van der Waals surface area contributed by atoms with Gasteiger partial charge in [-0.1, -0.05) is 18.9 Å². The first-order valence-corrected chi connectivity index (χ1v) is 8.77. The number of hydrogen-bond acceptors (Lipinski definition) is 6. The highest BCUT2D eigenvalue weighted by Gasteiger charge is 2.22. The third kappa shape index (κ3) is 8.07. The highest BCUT2D eigenvalue weighted by molar-refractivity contribution is 7.09. The molecule has 0 aromatic carbocycles. The quantitative estimate of drug-likeness (QED) is 0.243. The Kier molecular flexibility index (Phi) is 9.71. The first-order chi connectivity index (χ1) is 11.6. The normalized spacial score (nSPS) is 11.6. The molecule has 0 spiro atoms. The molecule has 0 radical (unpaired) electrons. The van der Waals surface area contributed by atoms with Crippen LogP contribution in [0.3, 0.4) is 0 Å². The minimum Gasteiger partial charge on any atom is -0.467 e. The summed E-state index contributed by atoms with van der Waals surface area (Å²) >= 11 is 1.53. The maximum Gasteiger partial charge on any atom is 0.328 e. The molecule has 1 rings (SSSR count). The van der Waals surface area contributed by atoms with E-state index in [-0.39, 0.29) is 12.3 Å². The number of carbonyl (C=O) groups is 3. The lowest BCUT2D eigenvalue weighted by Gasteiger charge is -2.15. The molecule has 1 atom stereocenters. The van der Waals surface area contributed by atoms with Crippen LogP contribution in [-0.4, -0.2) is 36.1 Å². The minimum absolute atomic E-state index is 0.185. The molecule has 0 saturated heterocycles. The largest absolute Gasteiger partial charge is 0.467 e. The van der Waals surface area contributed by atoms with Gasteiger partial charge < -0.3 is 10.1 Å². The summed E-state index contributed by atoms with van der Waals surface area (Å²) in [7, 11) is 1.30. The van der Waals surface area contributed by atoms with E-state index in [1.807, 2.05) is 17.5 Å². The van der Waals surface area contributed by atoms with Crippen molar-refractivity contribution < 1.29 is 24.3 Å². The van der Waals surface area contributed by atoms with E-state index in [2.05, 4.69) is 5.32 Å². The Morgan fingerprint density at radius 2 is 1.83 bits per heavy atom. The van der Waals surface area contributed by atoms with Crippen LogP contribution in [-0.2, 0) is 25.5 Å². The van der Waals surface area contributed by atoms with Crippen molar-refractivity contribution in [2.75, 3.05) is 7.11 Å². The molecule has 0 bridgehead atoms. The maximum atomic E-state index is 12.0. The standard InChI is InChI=1S/C16H24N2O5S/c1-23-16(21)13(11-12-7-6-10-24-12)17-14(19)8-4-2-3-5-9-15(20)18-22/h6-7,10,13,22H,2-5,8-9,11H2,1H3,(H,17,19)(H,18,20)/t13-/m0/s1. The number of thiophene rings is 1. The fourth-order valence-electron chi connectivity index (χ4n) is 2.21. The molecule has 1 aromatic heterocycles. The molecule has 2 amide bonds. The number of hydrogen-bond donors (Lipinski definition) is 3. The van der Waals surface area contributed by atoms with Crippen molar-refractivity contribution in [3.05, 3.63) is 22.4 Å². The lowest BCUT2D eigenvalue weighted by Crippen LogP contribution is -2.42. The summed E-state index contributed by atoms with van der Waals surface area (Å²) < 4.78 is 4.75. The highest BCUT2D eigenvalue weighted by atomic mass is 32.1. The van der Waals surface area contributed by atoms with Gasteiger partial charge in [0.25, 0.3) is 0 Å². The SMILES string of the molecule is COC(=O)[C@H](Cc1cccs1)NC(=O)CCCCCCC(=O)NO. The van der Waals surface area contributed by atoms with E-state index in [0.29, 0.717) is 25.7 Å². The molecule has 1 heterocycles. The molecule has 0 aliphatic rings. The molecule has 0 saturated carbocycles. The van der Waals surface area contributed by atoms with Crippen LogP contribution >= 0.6 is 11.3 Å². The average Bonchev–Trinajstić information content (AvgIpc) is 3.09. The number of unbranched alkanes of at least 4 members (excludes halogenated alkanes) is 3. The van der Waals surface area contributed by atoms with Gasteiger partial charge in [0.1, 0.15) is 6.04 Å². The third-order valence-corrected chi connectivity index (χ3v) is 4.39. The zero-order valence-corrected chi connectivity index (χ0v) is 14.6. The van der Waals surface area contributed by atoms with E-state index >= 15 is 0 Å². The maximum absolute atomic E-state index is 12.0. The fraction of sp³-hybridized carbons (Fsp3) is 0.562. The minimum atomic E-state index is -0.672. The first-order valence-electron chi connectivity index (χ1n) is 7.89. The Hall–Kier alpha value is -1.93. The number of esters is 1. The monoisotopic (exact) mass is 356 g/mol. The summed E-state index contributed by atoms with van der Waals surface area (Å²) in [6, 6.07) is 3.14. The van der Waals surface area contributed by atoms with Crippen molar-refractivity contribution in [2.45, 2.75) is 51.0 Å². The number of hydroxylamine groups is 1. The Balaban J connectivity index is 2.27. The zero-order chi connectivity index (χ0) is 17.8. The lowest BCUT2D eigenvalue weighted by molar-refractivity contribution is -0.145. The summed E-state index contributed by atoms with van der Waals surface area (Å²) in [5, 5.41) is 13.0. The predicted molar refractivity (Wildman–Crippen MR) is 89.6 cm³/mol. The van der Waals surface area contributed by atoms with E-state index in [1.54, 1.807) is 5.48 Å². The van der Waals surface area contributed by atoms with Crippen molar-refractivity contribution in [3.8, 4) is 0 Å². The van der Waals surface area contributed by atoms with Gasteiger partial charge in [-0.15, -0.1) is 11.3 Å². The van der Waals surface area contributed by atoms with E-state index in [1.165, 1.54) is 18.4 Å². The Morgan fingerprint density at radius 3 is 2.38 bits per heavy atom. The number of carbonyl (C=O) groups excluding carboxylic acids is 3. The lowest BCUT2D eigenvalue weighted by atomic mass is 10.1. The van der Waals surface area contributed by atoms with Crippen LogP contribution in [0, 0.1) is 0 Å². The van der Waals surface area contributed by atoms with Crippen LogP contribution in [0.4, 0.5) is 0 Å². The number of rotatable bonds is 11. The summed E-state index contributed by atoms with van der Waals surface area (Å²) in [6.45, 7) is 0. The Morgan fingerprint density at radius 1 is 1.17 bits per heavy atom. The molecule has 0 unspecified atom stereocenters. The first kappa shape index (κ1) is 20.1. The molecule has 134 valence electrons. The van der Waals surface area contributed by atoms with Gasteiger partial charge >= 0.3 is 5.97 Å². The topological polar surface area (TPSA) is 105 Å². The summed E-state index contributed by atoms with van der Waals surface area (Å²) in [5.41, 5.74) is 1.58. The van der Waals surface area contributed by atoms with Crippen molar-refractivity contribution in [2.24, 2.45) is 0 Å². The summed E-state index contributed by atoms with van der Waals surface area (Å²) in [4.78, 5) is 35.6. The van der Waals surface area contributed by atoms with Gasteiger partial charge in [-0.05, 0) is 24.3 Å². The van der Waals surface area contributed by atoms with E-state index < -0.39 is 17.9 Å². The fourth-order valence-corrected chi connectivity index (χ4v) is 2.96. The molecule has 0 fully saturated rings. The van der Waals surface area contributed by atoms with Gasteiger partial charge in [-0.25, -0.2) is 10.3 Å². The molecular weight excluding hydrogens is 332 g/mol. The van der Waals surface area contributed by atoms with Crippen LogP contribution in [0.5, 0.6) is 0 Å². The molecule has 3 N–H and O–H groups in total. The molecule has 1 aromatic rings. The number of ether oxygens (including phenoxy) is 1. The molecule has 24 heavy (non-hydrogen) atoms. The second-order valence-electron chi connectivity index (χ2n) is 5.38. The summed E-state index contributed by atoms with van der Waals surface area (Å²) in [6.07, 6.45) is 3.97. The number of amides is 2. The van der Waals surface area contributed by atoms with E-state index in [0.717, 1.165) is 17.7 Å². The van der Waals surface area contributed by atoms with Crippen molar-refractivity contribution in [1.82, 2.24) is 10.8 Å². The van der Waals surface area contributed by atoms with Crippen LogP contribution in [0.2, 0.25) is 0 Å².